The minimum atomic E-state index is 0.671. The zero-order valence-corrected chi connectivity index (χ0v) is 9.41. The molecular formula is C13H13N3. The van der Waals surface area contributed by atoms with Crippen LogP contribution in [0.2, 0.25) is 0 Å². The van der Waals surface area contributed by atoms with Crippen LogP contribution in [-0.4, -0.2) is 12.0 Å². The highest BCUT2D eigenvalue weighted by Crippen LogP contribution is 2.23. The average molecular weight is 211 g/mol. The Bertz CT molecular complexity index is 567. The SMILES string of the molecule is CCc1cccc2c(C#N)cc(NC)nc12. The Hall–Kier alpha value is -2.08. The van der Waals surface area contributed by atoms with Gasteiger partial charge in [0.15, 0.2) is 0 Å². The number of aryl methyl sites for hydroxylation is 1. The molecule has 1 aromatic heterocycles. The van der Waals surface area contributed by atoms with E-state index in [4.69, 9.17) is 5.26 Å². The van der Waals surface area contributed by atoms with E-state index in [2.05, 4.69) is 29.4 Å². The van der Waals surface area contributed by atoms with Gasteiger partial charge in [-0.05, 0) is 18.1 Å². The fraction of sp³-hybridized carbons (Fsp3) is 0.231. The number of fused-ring (bicyclic) bond motifs is 1. The Kier molecular flexibility index (Phi) is 2.74. The van der Waals surface area contributed by atoms with Crippen LogP contribution >= 0.6 is 0 Å². The highest BCUT2D eigenvalue weighted by Gasteiger charge is 2.07. The zero-order chi connectivity index (χ0) is 11.5. The summed E-state index contributed by atoms with van der Waals surface area (Å²) in [6.45, 7) is 2.09. The van der Waals surface area contributed by atoms with Gasteiger partial charge in [0.05, 0.1) is 17.1 Å². The summed E-state index contributed by atoms with van der Waals surface area (Å²) in [5, 5.41) is 13.0. The monoisotopic (exact) mass is 211 g/mol. The molecule has 0 radical (unpaired) electrons. The van der Waals surface area contributed by atoms with E-state index < -0.39 is 0 Å². The molecule has 0 saturated heterocycles. The van der Waals surface area contributed by atoms with Gasteiger partial charge in [0.2, 0.25) is 0 Å². The number of para-hydroxylation sites is 1. The molecule has 0 bridgehead atoms. The van der Waals surface area contributed by atoms with Gasteiger partial charge in [-0.25, -0.2) is 4.98 Å². The van der Waals surface area contributed by atoms with E-state index in [0.717, 1.165) is 23.1 Å². The van der Waals surface area contributed by atoms with Gasteiger partial charge in [0.1, 0.15) is 5.82 Å². The van der Waals surface area contributed by atoms with Crippen LogP contribution in [0.25, 0.3) is 10.9 Å². The first-order chi connectivity index (χ1) is 7.80. The molecule has 0 aliphatic heterocycles. The largest absolute Gasteiger partial charge is 0.373 e. The molecular weight excluding hydrogens is 198 g/mol. The first-order valence-electron chi connectivity index (χ1n) is 5.30. The predicted molar refractivity (Wildman–Crippen MR) is 65.4 cm³/mol. The topological polar surface area (TPSA) is 48.7 Å². The fourth-order valence-corrected chi connectivity index (χ4v) is 1.81. The standard InChI is InChI=1S/C13H13N3/c1-3-9-5-4-6-11-10(8-14)7-12(15-2)16-13(9)11/h4-7H,3H2,1-2H3,(H,15,16). The number of nitriles is 1. The molecule has 0 fully saturated rings. The number of hydrogen-bond acceptors (Lipinski definition) is 3. The lowest BCUT2D eigenvalue weighted by Gasteiger charge is -2.07. The third-order valence-electron chi connectivity index (χ3n) is 2.68. The van der Waals surface area contributed by atoms with Crippen molar-refractivity contribution in [3.05, 3.63) is 35.4 Å². The van der Waals surface area contributed by atoms with E-state index in [-0.39, 0.29) is 0 Å². The van der Waals surface area contributed by atoms with Crippen LogP contribution < -0.4 is 5.32 Å². The first-order valence-corrected chi connectivity index (χ1v) is 5.30. The molecule has 0 unspecified atom stereocenters. The summed E-state index contributed by atoms with van der Waals surface area (Å²) < 4.78 is 0. The molecule has 2 aromatic rings. The number of pyridine rings is 1. The van der Waals surface area contributed by atoms with Gasteiger partial charge in [-0.1, -0.05) is 25.1 Å². The van der Waals surface area contributed by atoms with Crippen molar-refractivity contribution in [3.8, 4) is 6.07 Å². The highest BCUT2D eigenvalue weighted by molar-refractivity contribution is 5.88. The second-order valence-electron chi connectivity index (χ2n) is 3.58. The number of rotatable bonds is 2. The molecule has 1 aromatic carbocycles. The van der Waals surface area contributed by atoms with Crippen LogP contribution in [0.15, 0.2) is 24.3 Å². The average Bonchev–Trinajstić information content (AvgIpc) is 2.36. The van der Waals surface area contributed by atoms with Crippen molar-refractivity contribution in [2.24, 2.45) is 0 Å². The number of benzene rings is 1. The van der Waals surface area contributed by atoms with Crippen molar-refractivity contribution in [2.45, 2.75) is 13.3 Å². The van der Waals surface area contributed by atoms with Crippen molar-refractivity contribution in [3.63, 3.8) is 0 Å². The van der Waals surface area contributed by atoms with Crippen molar-refractivity contribution < 1.29 is 0 Å². The molecule has 0 amide bonds. The minimum absolute atomic E-state index is 0.671. The molecule has 3 nitrogen and oxygen atoms in total. The summed E-state index contributed by atoms with van der Waals surface area (Å²) in [4.78, 5) is 4.51. The Balaban J connectivity index is 2.85. The van der Waals surface area contributed by atoms with E-state index in [1.54, 1.807) is 6.07 Å². The summed E-state index contributed by atoms with van der Waals surface area (Å²) >= 11 is 0. The van der Waals surface area contributed by atoms with Crippen LogP contribution in [0.1, 0.15) is 18.1 Å². The molecule has 0 aliphatic carbocycles. The van der Waals surface area contributed by atoms with Gasteiger partial charge in [-0.3, -0.25) is 0 Å². The van der Waals surface area contributed by atoms with Gasteiger partial charge in [-0.2, -0.15) is 5.26 Å². The fourth-order valence-electron chi connectivity index (χ4n) is 1.81. The number of hydrogen-bond donors (Lipinski definition) is 1. The molecule has 0 aliphatic rings. The minimum Gasteiger partial charge on any atom is -0.373 e. The molecule has 0 spiro atoms. The van der Waals surface area contributed by atoms with Crippen molar-refractivity contribution in [1.82, 2.24) is 4.98 Å². The predicted octanol–water partition coefficient (Wildman–Crippen LogP) is 2.71. The van der Waals surface area contributed by atoms with E-state index in [1.165, 1.54) is 5.56 Å². The third-order valence-corrected chi connectivity index (χ3v) is 2.68. The van der Waals surface area contributed by atoms with Crippen LogP contribution in [0.4, 0.5) is 5.82 Å². The first kappa shape index (κ1) is 10.4. The molecule has 1 N–H and O–H groups in total. The molecule has 3 heteroatoms. The molecule has 80 valence electrons. The van der Waals surface area contributed by atoms with Crippen molar-refractivity contribution >= 4 is 16.7 Å². The normalized spacial score (nSPS) is 10.1. The molecule has 0 saturated carbocycles. The van der Waals surface area contributed by atoms with E-state index in [0.29, 0.717) is 5.56 Å². The van der Waals surface area contributed by atoms with Gasteiger partial charge in [0, 0.05) is 12.4 Å². The quantitative estimate of drug-likeness (QED) is 0.830. The highest BCUT2D eigenvalue weighted by atomic mass is 15.0. The lowest BCUT2D eigenvalue weighted by molar-refractivity contribution is 1.14. The van der Waals surface area contributed by atoms with Gasteiger partial charge in [-0.15, -0.1) is 0 Å². The van der Waals surface area contributed by atoms with E-state index in [1.807, 2.05) is 19.2 Å². The smallest absolute Gasteiger partial charge is 0.127 e. The van der Waals surface area contributed by atoms with Crippen LogP contribution in [0.5, 0.6) is 0 Å². The Morgan fingerprint density at radius 1 is 1.44 bits per heavy atom. The number of aromatic nitrogens is 1. The van der Waals surface area contributed by atoms with E-state index in [9.17, 15) is 0 Å². The summed E-state index contributed by atoms with van der Waals surface area (Å²) in [6.07, 6.45) is 0.919. The maximum atomic E-state index is 9.11. The van der Waals surface area contributed by atoms with E-state index >= 15 is 0 Å². The van der Waals surface area contributed by atoms with Crippen LogP contribution in [0, 0.1) is 11.3 Å². The molecule has 1 heterocycles. The van der Waals surface area contributed by atoms with Gasteiger partial charge >= 0.3 is 0 Å². The van der Waals surface area contributed by atoms with Crippen LogP contribution in [-0.2, 0) is 6.42 Å². The third kappa shape index (κ3) is 1.59. The number of nitrogens with one attached hydrogen (secondary N) is 1. The zero-order valence-electron chi connectivity index (χ0n) is 9.41. The second kappa shape index (κ2) is 4.19. The molecule has 0 atom stereocenters. The van der Waals surface area contributed by atoms with Gasteiger partial charge < -0.3 is 5.32 Å². The maximum absolute atomic E-state index is 9.11. The lowest BCUT2D eigenvalue weighted by Crippen LogP contribution is -1.96. The lowest BCUT2D eigenvalue weighted by atomic mass is 10.0. The summed E-state index contributed by atoms with van der Waals surface area (Å²) in [6, 6.07) is 9.97. The molecule has 2 rings (SSSR count). The summed E-state index contributed by atoms with van der Waals surface area (Å²) in [5.74, 6) is 0.741. The number of nitrogens with zero attached hydrogens (tertiary/aromatic N) is 2. The van der Waals surface area contributed by atoms with Crippen LogP contribution in [0.3, 0.4) is 0 Å². The Morgan fingerprint density at radius 2 is 2.25 bits per heavy atom. The Morgan fingerprint density at radius 3 is 2.88 bits per heavy atom. The Labute approximate surface area is 94.7 Å². The van der Waals surface area contributed by atoms with Gasteiger partial charge in [0.25, 0.3) is 0 Å². The van der Waals surface area contributed by atoms with Crippen molar-refractivity contribution in [2.75, 3.05) is 12.4 Å². The molecule has 16 heavy (non-hydrogen) atoms. The number of anilines is 1. The van der Waals surface area contributed by atoms with Crippen molar-refractivity contribution in [1.29, 1.82) is 5.26 Å². The summed E-state index contributed by atoms with van der Waals surface area (Å²) in [7, 11) is 1.81. The maximum Gasteiger partial charge on any atom is 0.127 e. The second-order valence-corrected chi connectivity index (χ2v) is 3.58. The summed E-state index contributed by atoms with van der Waals surface area (Å²) in [5.41, 5.74) is 2.77.